The molecule has 6 nitrogen and oxygen atoms in total. The summed E-state index contributed by atoms with van der Waals surface area (Å²) in [6.45, 7) is 5.27. The van der Waals surface area contributed by atoms with Crippen molar-refractivity contribution in [2.75, 3.05) is 25.5 Å². The molecule has 2 atom stereocenters. The number of sulfonamides is 1. The summed E-state index contributed by atoms with van der Waals surface area (Å²) < 4.78 is 26.2. The minimum atomic E-state index is -3.45. The standard InChI is InChI=1S/C11H18N4O2S/c1-8-6-15(7-9(8)2)18(16,17)10-4-13-11(12-3)14-5-10/h4-5,8-9H,6-7H2,1-3H3,(H,12,13,14). The van der Waals surface area contributed by atoms with E-state index < -0.39 is 10.0 Å². The zero-order chi connectivity index (χ0) is 13.3. The topological polar surface area (TPSA) is 75.2 Å². The maximum absolute atomic E-state index is 12.4. The fourth-order valence-electron chi connectivity index (χ4n) is 2.00. The summed E-state index contributed by atoms with van der Waals surface area (Å²) in [5, 5.41) is 2.76. The molecule has 1 aromatic rings. The monoisotopic (exact) mass is 270 g/mol. The van der Waals surface area contributed by atoms with Crippen LogP contribution in [0, 0.1) is 11.8 Å². The first-order chi connectivity index (χ1) is 8.45. The Morgan fingerprint density at radius 1 is 1.22 bits per heavy atom. The molecule has 0 spiro atoms. The molecule has 1 aliphatic heterocycles. The summed E-state index contributed by atoms with van der Waals surface area (Å²) >= 11 is 0. The summed E-state index contributed by atoms with van der Waals surface area (Å²) in [5.41, 5.74) is 0. The van der Waals surface area contributed by atoms with E-state index in [2.05, 4.69) is 29.1 Å². The lowest BCUT2D eigenvalue weighted by molar-refractivity contribution is 0.462. The van der Waals surface area contributed by atoms with Gasteiger partial charge in [0.15, 0.2) is 0 Å². The van der Waals surface area contributed by atoms with Crippen LogP contribution < -0.4 is 5.32 Å². The molecule has 0 aromatic carbocycles. The van der Waals surface area contributed by atoms with Gasteiger partial charge in [-0.1, -0.05) is 13.8 Å². The van der Waals surface area contributed by atoms with Gasteiger partial charge in [0, 0.05) is 20.1 Å². The smallest absolute Gasteiger partial charge is 0.246 e. The van der Waals surface area contributed by atoms with Gasteiger partial charge in [0.05, 0.1) is 12.4 Å². The lowest BCUT2D eigenvalue weighted by Gasteiger charge is -2.15. The summed E-state index contributed by atoms with van der Waals surface area (Å²) in [6.07, 6.45) is 2.70. The Balaban J connectivity index is 2.25. The van der Waals surface area contributed by atoms with E-state index >= 15 is 0 Å². The highest BCUT2D eigenvalue weighted by Gasteiger charge is 2.35. The Bertz CT molecular complexity index is 504. The zero-order valence-electron chi connectivity index (χ0n) is 10.8. The quantitative estimate of drug-likeness (QED) is 0.879. The average molecular weight is 270 g/mol. The van der Waals surface area contributed by atoms with E-state index in [0.29, 0.717) is 30.9 Å². The van der Waals surface area contributed by atoms with E-state index in [9.17, 15) is 8.42 Å². The molecule has 18 heavy (non-hydrogen) atoms. The molecule has 1 aromatic heterocycles. The van der Waals surface area contributed by atoms with E-state index in [0.717, 1.165) is 0 Å². The molecule has 0 radical (unpaired) electrons. The number of hydrogen-bond acceptors (Lipinski definition) is 5. The molecule has 2 rings (SSSR count). The maximum Gasteiger partial charge on any atom is 0.246 e. The van der Waals surface area contributed by atoms with Gasteiger partial charge in [-0.15, -0.1) is 0 Å². The number of hydrogen-bond donors (Lipinski definition) is 1. The Labute approximate surface area is 107 Å². The third kappa shape index (κ3) is 2.32. The van der Waals surface area contributed by atoms with Crippen molar-refractivity contribution in [3.05, 3.63) is 12.4 Å². The molecule has 1 fully saturated rings. The Kier molecular flexibility index (Phi) is 3.54. The van der Waals surface area contributed by atoms with Crippen molar-refractivity contribution in [2.24, 2.45) is 11.8 Å². The van der Waals surface area contributed by atoms with Gasteiger partial charge < -0.3 is 5.32 Å². The Hall–Kier alpha value is -1.21. The molecule has 2 heterocycles. The SMILES string of the molecule is CNc1ncc(S(=O)(=O)N2CC(C)C(C)C2)cn1. The highest BCUT2D eigenvalue weighted by atomic mass is 32.2. The number of anilines is 1. The second kappa shape index (κ2) is 4.81. The van der Waals surface area contributed by atoms with Crippen molar-refractivity contribution in [2.45, 2.75) is 18.7 Å². The number of aromatic nitrogens is 2. The predicted molar refractivity (Wildman–Crippen MR) is 68.7 cm³/mol. The molecule has 1 N–H and O–H groups in total. The van der Waals surface area contributed by atoms with Crippen LogP contribution in [0.1, 0.15) is 13.8 Å². The molecule has 0 aliphatic carbocycles. The fourth-order valence-corrected chi connectivity index (χ4v) is 3.53. The first kappa shape index (κ1) is 13.2. The number of nitrogens with zero attached hydrogens (tertiary/aromatic N) is 3. The summed E-state index contributed by atoms with van der Waals surface area (Å²) in [5.74, 6) is 1.19. The summed E-state index contributed by atoms with van der Waals surface area (Å²) in [6, 6.07) is 0. The van der Waals surface area contributed by atoms with E-state index in [4.69, 9.17) is 0 Å². The molecule has 0 amide bonds. The van der Waals surface area contributed by atoms with Crippen molar-refractivity contribution in [3.8, 4) is 0 Å². The maximum atomic E-state index is 12.4. The highest BCUT2D eigenvalue weighted by Crippen LogP contribution is 2.27. The first-order valence-electron chi connectivity index (χ1n) is 5.95. The minimum Gasteiger partial charge on any atom is -0.357 e. The highest BCUT2D eigenvalue weighted by molar-refractivity contribution is 7.89. The third-order valence-corrected chi connectivity index (χ3v) is 5.23. The Morgan fingerprint density at radius 3 is 2.17 bits per heavy atom. The van der Waals surface area contributed by atoms with E-state index in [1.54, 1.807) is 7.05 Å². The van der Waals surface area contributed by atoms with Crippen LogP contribution in [0.2, 0.25) is 0 Å². The van der Waals surface area contributed by atoms with Gasteiger partial charge in [-0.2, -0.15) is 4.31 Å². The van der Waals surface area contributed by atoms with Gasteiger partial charge in [-0.25, -0.2) is 18.4 Å². The number of nitrogens with one attached hydrogen (secondary N) is 1. The van der Waals surface area contributed by atoms with E-state index in [-0.39, 0.29) is 4.90 Å². The van der Waals surface area contributed by atoms with Crippen LogP contribution in [0.25, 0.3) is 0 Å². The normalized spacial score (nSPS) is 25.3. The Morgan fingerprint density at radius 2 is 1.72 bits per heavy atom. The van der Waals surface area contributed by atoms with Gasteiger partial charge in [0.2, 0.25) is 16.0 Å². The minimum absolute atomic E-state index is 0.155. The van der Waals surface area contributed by atoms with Gasteiger partial charge in [-0.05, 0) is 11.8 Å². The second-order valence-electron chi connectivity index (χ2n) is 4.77. The van der Waals surface area contributed by atoms with Crippen LogP contribution in [0.15, 0.2) is 17.3 Å². The van der Waals surface area contributed by atoms with Crippen molar-refractivity contribution in [1.29, 1.82) is 0 Å². The third-order valence-electron chi connectivity index (χ3n) is 3.44. The van der Waals surface area contributed by atoms with Crippen LogP contribution in [-0.4, -0.2) is 42.8 Å². The molecule has 1 saturated heterocycles. The van der Waals surface area contributed by atoms with Crippen molar-refractivity contribution >= 4 is 16.0 Å². The fraction of sp³-hybridized carbons (Fsp3) is 0.636. The summed E-state index contributed by atoms with van der Waals surface area (Å²) in [4.78, 5) is 8.05. The number of rotatable bonds is 3. The molecule has 0 bridgehead atoms. The molecular formula is C11H18N4O2S. The van der Waals surface area contributed by atoms with E-state index in [1.807, 2.05) is 0 Å². The van der Waals surface area contributed by atoms with Crippen LogP contribution >= 0.6 is 0 Å². The lowest BCUT2D eigenvalue weighted by Crippen LogP contribution is -2.29. The van der Waals surface area contributed by atoms with Gasteiger partial charge in [-0.3, -0.25) is 0 Å². The van der Waals surface area contributed by atoms with Crippen molar-refractivity contribution in [1.82, 2.24) is 14.3 Å². The summed E-state index contributed by atoms with van der Waals surface area (Å²) in [7, 11) is -1.76. The van der Waals surface area contributed by atoms with Gasteiger partial charge in [0.25, 0.3) is 0 Å². The van der Waals surface area contributed by atoms with Crippen molar-refractivity contribution in [3.63, 3.8) is 0 Å². The average Bonchev–Trinajstić information content (AvgIpc) is 2.70. The predicted octanol–water partition coefficient (Wildman–Crippen LogP) is 0.795. The first-order valence-corrected chi connectivity index (χ1v) is 7.39. The van der Waals surface area contributed by atoms with Crippen molar-refractivity contribution < 1.29 is 8.42 Å². The van der Waals surface area contributed by atoms with E-state index in [1.165, 1.54) is 16.7 Å². The molecule has 0 saturated carbocycles. The lowest BCUT2D eigenvalue weighted by atomic mass is 10.0. The molecule has 2 unspecified atom stereocenters. The molecule has 1 aliphatic rings. The van der Waals surface area contributed by atoms with Crippen LogP contribution in [-0.2, 0) is 10.0 Å². The molecular weight excluding hydrogens is 252 g/mol. The van der Waals surface area contributed by atoms with Gasteiger partial charge >= 0.3 is 0 Å². The van der Waals surface area contributed by atoms with Crippen LogP contribution in [0.5, 0.6) is 0 Å². The van der Waals surface area contributed by atoms with Crippen LogP contribution in [0.4, 0.5) is 5.95 Å². The molecule has 100 valence electrons. The van der Waals surface area contributed by atoms with Crippen LogP contribution in [0.3, 0.4) is 0 Å². The zero-order valence-corrected chi connectivity index (χ0v) is 11.6. The molecule has 7 heteroatoms. The second-order valence-corrected chi connectivity index (χ2v) is 6.71. The largest absolute Gasteiger partial charge is 0.357 e. The van der Waals surface area contributed by atoms with Gasteiger partial charge in [0.1, 0.15) is 4.90 Å².